The van der Waals surface area contributed by atoms with E-state index in [1.807, 2.05) is 44.4 Å². The van der Waals surface area contributed by atoms with E-state index in [4.69, 9.17) is 15.2 Å². The molecule has 1 atom stereocenters. The van der Waals surface area contributed by atoms with Crippen molar-refractivity contribution in [2.45, 2.75) is 6.04 Å². The van der Waals surface area contributed by atoms with Crippen molar-refractivity contribution in [3.8, 4) is 11.5 Å². The molecule has 0 aromatic heterocycles. The molecule has 2 aromatic carbocycles. The van der Waals surface area contributed by atoms with Gasteiger partial charge in [0, 0.05) is 25.3 Å². The molecule has 0 heterocycles. The smallest absolute Gasteiger partial charge is 0.165 e. The Balaban J connectivity index is 2.44. The van der Waals surface area contributed by atoms with Crippen LogP contribution >= 0.6 is 0 Å². The molecule has 2 aromatic rings. The van der Waals surface area contributed by atoms with Crippen LogP contribution in [0.2, 0.25) is 0 Å². The Labute approximate surface area is 126 Å². The zero-order valence-corrected chi connectivity index (χ0v) is 13.0. The Bertz CT molecular complexity index is 611. The Morgan fingerprint density at radius 1 is 1.00 bits per heavy atom. The van der Waals surface area contributed by atoms with E-state index in [0.717, 1.165) is 16.8 Å². The third kappa shape index (κ3) is 3.11. The maximum absolute atomic E-state index is 6.43. The van der Waals surface area contributed by atoms with Crippen molar-refractivity contribution in [3.63, 3.8) is 0 Å². The summed E-state index contributed by atoms with van der Waals surface area (Å²) < 4.78 is 10.8. The lowest BCUT2D eigenvalue weighted by Gasteiger charge is -2.20. The highest BCUT2D eigenvalue weighted by Crippen LogP contribution is 2.36. The third-order valence-electron chi connectivity index (χ3n) is 3.51. The van der Waals surface area contributed by atoms with Gasteiger partial charge in [-0.1, -0.05) is 24.3 Å². The minimum absolute atomic E-state index is 0.269. The van der Waals surface area contributed by atoms with Crippen molar-refractivity contribution >= 4 is 5.69 Å². The summed E-state index contributed by atoms with van der Waals surface area (Å²) in [6.07, 6.45) is 0. The van der Waals surface area contributed by atoms with E-state index in [1.165, 1.54) is 0 Å². The predicted molar refractivity (Wildman–Crippen MR) is 86.3 cm³/mol. The van der Waals surface area contributed by atoms with Crippen LogP contribution < -0.4 is 20.1 Å². The molecule has 0 aliphatic heterocycles. The molecule has 4 nitrogen and oxygen atoms in total. The van der Waals surface area contributed by atoms with E-state index in [1.54, 1.807) is 14.2 Å². The second-order valence-electron chi connectivity index (χ2n) is 5.05. The van der Waals surface area contributed by atoms with Crippen molar-refractivity contribution in [3.05, 3.63) is 53.6 Å². The quantitative estimate of drug-likeness (QED) is 0.918. The van der Waals surface area contributed by atoms with Crippen LogP contribution in [0.5, 0.6) is 11.5 Å². The first-order valence-electron chi connectivity index (χ1n) is 6.82. The number of nitrogens with zero attached hydrogens (tertiary/aromatic N) is 1. The molecule has 21 heavy (non-hydrogen) atoms. The first-order valence-corrected chi connectivity index (χ1v) is 6.82. The monoisotopic (exact) mass is 286 g/mol. The second kappa shape index (κ2) is 6.50. The first kappa shape index (κ1) is 15.2. The van der Waals surface area contributed by atoms with Gasteiger partial charge in [-0.2, -0.15) is 0 Å². The van der Waals surface area contributed by atoms with Gasteiger partial charge in [0.25, 0.3) is 0 Å². The van der Waals surface area contributed by atoms with Crippen LogP contribution in [0.3, 0.4) is 0 Å². The van der Waals surface area contributed by atoms with Gasteiger partial charge in [-0.05, 0) is 23.8 Å². The van der Waals surface area contributed by atoms with Crippen LogP contribution in [0.4, 0.5) is 5.69 Å². The highest BCUT2D eigenvalue weighted by atomic mass is 16.5. The van der Waals surface area contributed by atoms with Crippen molar-refractivity contribution in [2.24, 2.45) is 5.73 Å². The SMILES string of the molecule is COc1cccc(C(N)c2cccc(N(C)C)c2)c1OC. The summed E-state index contributed by atoms with van der Waals surface area (Å²) in [4.78, 5) is 2.05. The fraction of sp³-hybridized carbons (Fsp3) is 0.294. The lowest BCUT2D eigenvalue weighted by Crippen LogP contribution is -2.15. The minimum Gasteiger partial charge on any atom is -0.493 e. The molecular weight excluding hydrogens is 264 g/mol. The highest BCUT2D eigenvalue weighted by molar-refractivity contribution is 5.53. The fourth-order valence-corrected chi connectivity index (χ4v) is 2.33. The summed E-state index contributed by atoms with van der Waals surface area (Å²) in [5, 5.41) is 0. The van der Waals surface area contributed by atoms with E-state index in [9.17, 15) is 0 Å². The van der Waals surface area contributed by atoms with Gasteiger partial charge in [-0.3, -0.25) is 0 Å². The predicted octanol–water partition coefficient (Wildman–Crippen LogP) is 2.82. The van der Waals surface area contributed by atoms with Crippen molar-refractivity contribution in [2.75, 3.05) is 33.2 Å². The topological polar surface area (TPSA) is 47.7 Å². The van der Waals surface area contributed by atoms with Crippen molar-refractivity contribution < 1.29 is 9.47 Å². The van der Waals surface area contributed by atoms with Crippen LogP contribution in [0.1, 0.15) is 17.2 Å². The zero-order chi connectivity index (χ0) is 15.4. The summed E-state index contributed by atoms with van der Waals surface area (Å²) in [6, 6.07) is 13.7. The lowest BCUT2D eigenvalue weighted by atomic mass is 9.98. The number of nitrogens with two attached hydrogens (primary N) is 1. The molecular formula is C17H22N2O2. The standard InChI is InChI=1S/C17H22N2O2/c1-19(2)13-8-5-7-12(11-13)16(18)14-9-6-10-15(20-3)17(14)21-4/h5-11,16H,18H2,1-4H3. The first-order chi connectivity index (χ1) is 10.1. The van der Waals surface area contributed by atoms with Crippen molar-refractivity contribution in [1.29, 1.82) is 0 Å². The number of ether oxygens (including phenoxy) is 2. The molecule has 0 saturated carbocycles. The van der Waals surface area contributed by atoms with E-state index < -0.39 is 0 Å². The molecule has 2 rings (SSSR count). The number of methoxy groups -OCH3 is 2. The summed E-state index contributed by atoms with van der Waals surface area (Å²) in [6.45, 7) is 0. The largest absolute Gasteiger partial charge is 0.493 e. The van der Waals surface area contributed by atoms with Crippen LogP contribution in [-0.2, 0) is 0 Å². The number of anilines is 1. The van der Waals surface area contributed by atoms with Gasteiger partial charge < -0.3 is 20.1 Å². The summed E-state index contributed by atoms with van der Waals surface area (Å²) >= 11 is 0. The number of para-hydroxylation sites is 1. The van der Waals surface area contributed by atoms with E-state index in [2.05, 4.69) is 17.0 Å². The van der Waals surface area contributed by atoms with Gasteiger partial charge >= 0.3 is 0 Å². The number of benzene rings is 2. The lowest BCUT2D eigenvalue weighted by molar-refractivity contribution is 0.350. The molecule has 2 N–H and O–H groups in total. The van der Waals surface area contributed by atoms with Gasteiger partial charge in [0.1, 0.15) is 0 Å². The average Bonchev–Trinajstić information content (AvgIpc) is 2.53. The molecule has 0 spiro atoms. The molecule has 112 valence electrons. The minimum atomic E-state index is -0.269. The van der Waals surface area contributed by atoms with Gasteiger partial charge in [-0.15, -0.1) is 0 Å². The van der Waals surface area contributed by atoms with Gasteiger partial charge in [0.2, 0.25) is 0 Å². The molecule has 0 amide bonds. The van der Waals surface area contributed by atoms with Crippen LogP contribution in [0, 0.1) is 0 Å². The second-order valence-corrected chi connectivity index (χ2v) is 5.05. The maximum atomic E-state index is 6.43. The maximum Gasteiger partial charge on any atom is 0.165 e. The van der Waals surface area contributed by atoms with Crippen LogP contribution in [0.15, 0.2) is 42.5 Å². The van der Waals surface area contributed by atoms with Gasteiger partial charge in [0.05, 0.1) is 20.3 Å². The number of rotatable bonds is 5. The Hall–Kier alpha value is -2.20. The zero-order valence-electron chi connectivity index (χ0n) is 13.0. The average molecular weight is 286 g/mol. The summed E-state index contributed by atoms with van der Waals surface area (Å²) in [5.74, 6) is 1.37. The Morgan fingerprint density at radius 3 is 2.33 bits per heavy atom. The number of hydrogen-bond donors (Lipinski definition) is 1. The normalized spacial score (nSPS) is 11.9. The molecule has 0 saturated heterocycles. The van der Waals surface area contributed by atoms with Gasteiger partial charge in [-0.25, -0.2) is 0 Å². The van der Waals surface area contributed by atoms with E-state index in [0.29, 0.717) is 11.5 Å². The van der Waals surface area contributed by atoms with E-state index in [-0.39, 0.29) is 6.04 Å². The summed E-state index contributed by atoms with van der Waals surface area (Å²) in [7, 11) is 7.28. The molecule has 0 aliphatic carbocycles. The number of hydrogen-bond acceptors (Lipinski definition) is 4. The highest BCUT2D eigenvalue weighted by Gasteiger charge is 2.17. The Morgan fingerprint density at radius 2 is 1.71 bits per heavy atom. The van der Waals surface area contributed by atoms with Crippen LogP contribution in [0.25, 0.3) is 0 Å². The molecule has 4 heteroatoms. The van der Waals surface area contributed by atoms with Crippen molar-refractivity contribution in [1.82, 2.24) is 0 Å². The molecule has 0 fully saturated rings. The molecule has 1 unspecified atom stereocenters. The molecule has 0 radical (unpaired) electrons. The fourth-order valence-electron chi connectivity index (χ4n) is 2.33. The van der Waals surface area contributed by atoms with Gasteiger partial charge in [0.15, 0.2) is 11.5 Å². The molecule has 0 aliphatic rings. The van der Waals surface area contributed by atoms with Crippen LogP contribution in [-0.4, -0.2) is 28.3 Å². The Kier molecular flexibility index (Phi) is 4.70. The third-order valence-corrected chi connectivity index (χ3v) is 3.51. The summed E-state index contributed by atoms with van der Waals surface area (Å²) in [5.41, 5.74) is 9.49. The molecule has 0 bridgehead atoms. The van der Waals surface area contributed by atoms with E-state index >= 15 is 0 Å².